The van der Waals surface area contributed by atoms with Crippen molar-refractivity contribution in [2.75, 3.05) is 0 Å². The van der Waals surface area contributed by atoms with E-state index < -0.39 is 23.2 Å². The van der Waals surface area contributed by atoms with Crippen LogP contribution in [0.4, 0.5) is 4.79 Å². The molecule has 1 atom stereocenters. The van der Waals surface area contributed by atoms with Crippen molar-refractivity contribution >= 4 is 12.1 Å². The highest BCUT2D eigenvalue weighted by Gasteiger charge is 2.52. The molecule has 1 aliphatic rings. The normalized spacial score (nSPS) is 18.0. The number of hydrogen-bond acceptors (Lipinski definition) is 3. The lowest BCUT2D eigenvalue weighted by Crippen LogP contribution is -2.58. The lowest BCUT2D eigenvalue weighted by Gasteiger charge is -2.41. The molecule has 122 valence electrons. The Morgan fingerprint density at radius 3 is 2.14 bits per heavy atom. The van der Waals surface area contributed by atoms with Crippen LogP contribution in [0, 0.1) is 0 Å². The van der Waals surface area contributed by atoms with Gasteiger partial charge >= 0.3 is 12.1 Å². The number of unbranched alkanes of at least 4 members (excludes halogenated alkanes) is 1. The fourth-order valence-corrected chi connectivity index (χ4v) is 2.62. The van der Waals surface area contributed by atoms with Gasteiger partial charge in [0.1, 0.15) is 11.1 Å². The average molecular weight is 299 g/mol. The fourth-order valence-electron chi connectivity index (χ4n) is 2.62. The van der Waals surface area contributed by atoms with E-state index in [1.807, 2.05) is 13.8 Å². The molecular formula is C16H29NO4. The minimum atomic E-state index is -1.14. The minimum absolute atomic E-state index is 0.00718. The molecule has 0 saturated heterocycles. The predicted molar refractivity (Wildman–Crippen MR) is 81.3 cm³/mol. The summed E-state index contributed by atoms with van der Waals surface area (Å²) in [5, 5.41) is 9.80. The summed E-state index contributed by atoms with van der Waals surface area (Å²) >= 11 is 0. The maximum absolute atomic E-state index is 12.6. The van der Waals surface area contributed by atoms with Gasteiger partial charge in [-0.05, 0) is 46.5 Å². The molecule has 5 nitrogen and oxygen atoms in total. The molecule has 5 heteroatoms. The Morgan fingerprint density at radius 2 is 1.81 bits per heavy atom. The van der Waals surface area contributed by atoms with Crippen LogP contribution < -0.4 is 0 Å². The number of amides is 1. The molecule has 0 aromatic heterocycles. The van der Waals surface area contributed by atoms with Crippen LogP contribution in [0.5, 0.6) is 0 Å². The minimum Gasteiger partial charge on any atom is -0.479 e. The highest BCUT2D eigenvalue weighted by molar-refractivity contribution is 5.85. The first kappa shape index (κ1) is 17.8. The third kappa shape index (κ3) is 4.35. The van der Waals surface area contributed by atoms with E-state index in [2.05, 4.69) is 0 Å². The molecule has 21 heavy (non-hydrogen) atoms. The molecule has 0 aliphatic heterocycles. The maximum Gasteiger partial charge on any atom is 0.411 e. The number of carbonyl (C=O) groups excluding carboxylic acids is 1. The van der Waals surface area contributed by atoms with Gasteiger partial charge in [-0.2, -0.15) is 0 Å². The van der Waals surface area contributed by atoms with E-state index in [9.17, 15) is 14.7 Å². The van der Waals surface area contributed by atoms with Gasteiger partial charge in [-0.1, -0.05) is 26.7 Å². The summed E-state index contributed by atoms with van der Waals surface area (Å²) in [7, 11) is 0. The summed E-state index contributed by atoms with van der Waals surface area (Å²) in [6, 6.07) is 0.00718. The van der Waals surface area contributed by atoms with Gasteiger partial charge in [0.15, 0.2) is 0 Å². The van der Waals surface area contributed by atoms with E-state index in [0.717, 1.165) is 25.7 Å². The van der Waals surface area contributed by atoms with Gasteiger partial charge in [0.2, 0.25) is 0 Å². The van der Waals surface area contributed by atoms with Gasteiger partial charge in [0, 0.05) is 6.04 Å². The van der Waals surface area contributed by atoms with Crippen molar-refractivity contribution in [3.8, 4) is 0 Å². The van der Waals surface area contributed by atoms with E-state index >= 15 is 0 Å². The third-order valence-electron chi connectivity index (χ3n) is 3.89. The van der Waals surface area contributed by atoms with Crippen molar-refractivity contribution < 1.29 is 19.4 Å². The highest BCUT2D eigenvalue weighted by Crippen LogP contribution is 2.39. The number of aliphatic carboxylic acids is 1. The molecule has 0 spiro atoms. The van der Waals surface area contributed by atoms with Crippen molar-refractivity contribution in [1.29, 1.82) is 0 Å². The summed E-state index contributed by atoms with van der Waals surface area (Å²) in [4.78, 5) is 26.0. The van der Waals surface area contributed by atoms with E-state index in [4.69, 9.17) is 4.74 Å². The molecule has 1 N–H and O–H groups in total. The van der Waals surface area contributed by atoms with E-state index in [0.29, 0.717) is 12.8 Å². The first-order valence-corrected chi connectivity index (χ1v) is 7.93. The van der Waals surface area contributed by atoms with Gasteiger partial charge in [0.05, 0.1) is 0 Å². The summed E-state index contributed by atoms with van der Waals surface area (Å²) in [6.45, 7) is 9.27. The molecule has 0 heterocycles. The first-order valence-electron chi connectivity index (χ1n) is 7.93. The Morgan fingerprint density at radius 1 is 1.24 bits per heavy atom. The van der Waals surface area contributed by atoms with E-state index in [1.54, 1.807) is 20.8 Å². The lowest BCUT2D eigenvalue weighted by atomic mass is 9.87. The first-order chi connectivity index (χ1) is 9.68. The Balaban J connectivity index is 3.08. The van der Waals surface area contributed by atoms with Crippen LogP contribution >= 0.6 is 0 Å². The standard InChI is InChI=1S/C16H29NO4/c1-6-8-11-16(7-2,13(18)19)17(12-9-10-12)14(20)21-15(3,4)5/h12H,6-11H2,1-5H3,(H,18,19). The second kappa shape index (κ2) is 6.67. The second-order valence-corrected chi connectivity index (χ2v) is 6.88. The molecule has 0 aromatic rings. The number of nitrogens with zero attached hydrogens (tertiary/aromatic N) is 1. The quantitative estimate of drug-likeness (QED) is 0.776. The predicted octanol–water partition coefficient (Wildman–Crippen LogP) is 3.81. The Labute approximate surface area is 127 Å². The Kier molecular flexibility index (Phi) is 5.65. The molecule has 1 saturated carbocycles. The zero-order valence-electron chi connectivity index (χ0n) is 13.9. The molecule has 0 aromatic carbocycles. The highest BCUT2D eigenvalue weighted by atomic mass is 16.6. The number of ether oxygens (including phenoxy) is 1. The van der Waals surface area contributed by atoms with Crippen molar-refractivity contribution in [2.45, 2.75) is 90.3 Å². The van der Waals surface area contributed by atoms with Crippen molar-refractivity contribution in [2.24, 2.45) is 0 Å². The molecule has 1 unspecified atom stereocenters. The van der Waals surface area contributed by atoms with Crippen LogP contribution in [-0.4, -0.2) is 39.3 Å². The van der Waals surface area contributed by atoms with Gasteiger partial charge in [-0.3, -0.25) is 4.90 Å². The van der Waals surface area contributed by atoms with Crippen LogP contribution in [-0.2, 0) is 9.53 Å². The monoisotopic (exact) mass is 299 g/mol. The second-order valence-electron chi connectivity index (χ2n) is 6.88. The Bertz CT molecular complexity index is 384. The zero-order chi connectivity index (χ0) is 16.3. The number of carboxylic acid groups (broad SMARTS) is 1. The molecule has 0 radical (unpaired) electrons. The number of rotatable bonds is 7. The molecule has 1 aliphatic carbocycles. The number of hydrogen-bond donors (Lipinski definition) is 1. The van der Waals surface area contributed by atoms with Crippen molar-refractivity contribution in [1.82, 2.24) is 4.90 Å². The molecule has 1 fully saturated rings. The lowest BCUT2D eigenvalue weighted by molar-refractivity contribution is -0.153. The summed E-state index contributed by atoms with van der Waals surface area (Å²) in [5.41, 5.74) is -1.76. The van der Waals surface area contributed by atoms with E-state index in [1.165, 1.54) is 4.90 Å². The van der Waals surface area contributed by atoms with E-state index in [-0.39, 0.29) is 6.04 Å². The molecular weight excluding hydrogens is 270 g/mol. The van der Waals surface area contributed by atoms with Gasteiger partial charge in [-0.15, -0.1) is 0 Å². The third-order valence-corrected chi connectivity index (χ3v) is 3.89. The summed E-state index contributed by atoms with van der Waals surface area (Å²) in [5.74, 6) is -0.920. The largest absolute Gasteiger partial charge is 0.479 e. The van der Waals surface area contributed by atoms with Gasteiger partial charge in [-0.25, -0.2) is 9.59 Å². The number of carbonyl (C=O) groups is 2. The smallest absolute Gasteiger partial charge is 0.411 e. The summed E-state index contributed by atoms with van der Waals surface area (Å²) < 4.78 is 5.46. The van der Waals surface area contributed by atoms with Crippen molar-refractivity contribution in [3.05, 3.63) is 0 Å². The van der Waals surface area contributed by atoms with Gasteiger partial charge in [0.25, 0.3) is 0 Å². The van der Waals surface area contributed by atoms with Crippen LogP contribution in [0.3, 0.4) is 0 Å². The maximum atomic E-state index is 12.6. The molecule has 0 bridgehead atoms. The van der Waals surface area contributed by atoms with Gasteiger partial charge < -0.3 is 9.84 Å². The number of carboxylic acids is 1. The molecule has 1 rings (SSSR count). The van der Waals surface area contributed by atoms with Crippen LogP contribution in [0.2, 0.25) is 0 Å². The SMILES string of the molecule is CCCCC(CC)(C(=O)O)N(C(=O)OC(C)(C)C)C1CC1. The van der Waals surface area contributed by atoms with Crippen LogP contribution in [0.25, 0.3) is 0 Å². The molecule has 1 amide bonds. The fraction of sp³-hybridized carbons (Fsp3) is 0.875. The van der Waals surface area contributed by atoms with Crippen LogP contribution in [0.1, 0.15) is 73.1 Å². The topological polar surface area (TPSA) is 66.8 Å². The Hall–Kier alpha value is -1.26. The van der Waals surface area contributed by atoms with Crippen LogP contribution in [0.15, 0.2) is 0 Å². The average Bonchev–Trinajstić information content (AvgIpc) is 3.15. The van der Waals surface area contributed by atoms with Crippen molar-refractivity contribution in [3.63, 3.8) is 0 Å². The zero-order valence-corrected chi connectivity index (χ0v) is 13.9. The summed E-state index contributed by atoms with van der Waals surface area (Å²) in [6.07, 6.45) is 3.79.